The monoisotopic (exact) mass is 710 g/mol. The third-order valence-electron chi connectivity index (χ3n) is 11.1. The van der Waals surface area contributed by atoms with E-state index in [9.17, 15) is 0 Å². The Morgan fingerprint density at radius 2 is 1.29 bits per heavy atom. The largest absolute Gasteiger partial charge is 0.464 e. The second kappa shape index (κ2) is 14.3. The summed E-state index contributed by atoms with van der Waals surface area (Å²) in [7, 11) is 0. The maximum absolute atomic E-state index is 6.63. The molecule has 0 unspecified atom stereocenters. The van der Waals surface area contributed by atoms with E-state index in [2.05, 4.69) is 141 Å². The highest BCUT2D eigenvalue weighted by molar-refractivity contribution is 6.12. The molecule has 0 fully saturated rings. The van der Waals surface area contributed by atoms with Crippen molar-refractivity contribution >= 4 is 75.2 Å². The van der Waals surface area contributed by atoms with Crippen LogP contribution in [0.5, 0.6) is 0 Å². The zero-order valence-electron chi connectivity index (χ0n) is 31.2. The molecule has 0 saturated carbocycles. The molecule has 0 N–H and O–H groups in total. The van der Waals surface area contributed by atoms with Gasteiger partial charge in [-0.1, -0.05) is 135 Å². The van der Waals surface area contributed by atoms with Gasteiger partial charge in [0.05, 0.1) is 11.6 Å². The number of aryl methyl sites for hydroxylation is 1. The number of hydrogen-bond acceptors (Lipinski definition) is 2. The minimum absolute atomic E-state index is 0.754. The summed E-state index contributed by atoms with van der Waals surface area (Å²) in [6, 6.07) is 32.6. The Kier molecular flexibility index (Phi) is 8.88. The highest BCUT2D eigenvalue weighted by atomic mass is 16.3. The SMILES string of the molecule is C=Cc1c(C=C)c(-c2ccc3ccccc3c2)c2c(c1-c1cccc(-c3cccoc4c(/C=C\C)c(C=C)c5c6c(oc5c4cc3)C=CCC6)c1)=CCCC=2. The summed E-state index contributed by atoms with van der Waals surface area (Å²) in [5, 5.41) is 7.00. The standard InChI is InChI=1S/C53H42O2/c1-5-17-45-42(8-4)51-46-25-13-14-26-48(46)55-53(51)47-30-29-35(22-16-31-54-52(45)47)37-20-15-21-38(32-37)49-40(6-2)41(7-3)50(44-24-12-11-23-43(44)49)39-28-27-34-18-9-10-19-36(34)33-39/h5-10,14-24,26-33H,2-4,11-13,25H2,1H3/b17-5-,30-29?,31-16?,35-22?. The molecule has 7 aromatic rings. The average Bonchev–Trinajstić information content (AvgIpc) is 3.66. The van der Waals surface area contributed by atoms with Crippen LogP contribution in [0.1, 0.15) is 59.8 Å². The minimum atomic E-state index is 0.754. The molecule has 9 rings (SSSR count). The lowest BCUT2D eigenvalue weighted by Crippen LogP contribution is -2.33. The van der Waals surface area contributed by atoms with Crippen LogP contribution in [0, 0.1) is 0 Å². The normalized spacial score (nSPS) is 13.3. The number of allylic oxidation sites excluding steroid dienone is 2. The predicted molar refractivity (Wildman–Crippen MR) is 237 cm³/mol. The molecule has 2 heteroatoms. The van der Waals surface area contributed by atoms with Crippen LogP contribution in [0.2, 0.25) is 0 Å². The molecule has 2 heterocycles. The molecule has 0 aliphatic heterocycles. The minimum Gasteiger partial charge on any atom is -0.464 e. The number of hydrogen-bond donors (Lipinski definition) is 0. The molecule has 0 atom stereocenters. The highest BCUT2D eigenvalue weighted by Crippen LogP contribution is 2.41. The average molecular weight is 711 g/mol. The van der Waals surface area contributed by atoms with Crippen LogP contribution in [0.4, 0.5) is 0 Å². The Morgan fingerprint density at radius 3 is 2.04 bits per heavy atom. The Labute approximate surface area is 322 Å². The molecule has 2 nitrogen and oxygen atoms in total. The zero-order chi connectivity index (χ0) is 37.5. The molecular weight excluding hydrogens is 669 g/mol. The smallest absolute Gasteiger partial charge is 0.146 e. The lowest BCUT2D eigenvalue weighted by molar-refractivity contribution is 0.592. The number of fused-ring (bicyclic) bond motifs is 7. The zero-order valence-corrected chi connectivity index (χ0v) is 31.2. The van der Waals surface area contributed by atoms with E-state index in [1.165, 1.54) is 43.5 Å². The van der Waals surface area contributed by atoms with Crippen molar-refractivity contribution in [1.29, 1.82) is 0 Å². The van der Waals surface area contributed by atoms with Gasteiger partial charge in [-0.25, -0.2) is 0 Å². The Balaban J connectivity index is 1.26. The van der Waals surface area contributed by atoms with Crippen LogP contribution < -0.4 is 10.4 Å². The van der Waals surface area contributed by atoms with Crippen molar-refractivity contribution in [2.45, 2.75) is 32.6 Å². The van der Waals surface area contributed by atoms with E-state index in [4.69, 9.17) is 8.83 Å². The molecule has 0 spiro atoms. The third-order valence-corrected chi connectivity index (χ3v) is 11.1. The predicted octanol–water partition coefficient (Wildman–Crippen LogP) is 13.7. The van der Waals surface area contributed by atoms with Gasteiger partial charge in [-0.3, -0.25) is 0 Å². The summed E-state index contributed by atoms with van der Waals surface area (Å²) in [6.07, 6.45) is 24.9. The quantitative estimate of drug-likeness (QED) is 0.165. The van der Waals surface area contributed by atoms with Crippen LogP contribution in [-0.4, -0.2) is 0 Å². The Hall–Kier alpha value is -6.64. The second-order valence-electron chi connectivity index (χ2n) is 14.2. The molecule has 0 bridgehead atoms. The lowest BCUT2D eigenvalue weighted by atomic mass is 9.83. The van der Waals surface area contributed by atoms with Crippen molar-refractivity contribution in [2.75, 3.05) is 0 Å². The number of rotatable bonds is 7. The van der Waals surface area contributed by atoms with E-state index >= 15 is 0 Å². The maximum Gasteiger partial charge on any atom is 0.146 e. The van der Waals surface area contributed by atoms with Crippen molar-refractivity contribution in [3.05, 3.63) is 173 Å². The van der Waals surface area contributed by atoms with E-state index in [1.54, 1.807) is 6.26 Å². The van der Waals surface area contributed by atoms with Gasteiger partial charge >= 0.3 is 0 Å². The van der Waals surface area contributed by atoms with Crippen molar-refractivity contribution in [3.63, 3.8) is 0 Å². The van der Waals surface area contributed by atoms with Gasteiger partial charge in [-0.2, -0.15) is 0 Å². The molecule has 2 aromatic heterocycles. The van der Waals surface area contributed by atoms with Gasteiger partial charge in [0.1, 0.15) is 16.9 Å². The molecular formula is C53H42O2. The molecule has 5 aromatic carbocycles. The van der Waals surface area contributed by atoms with Crippen LogP contribution >= 0.6 is 0 Å². The molecule has 2 aliphatic carbocycles. The van der Waals surface area contributed by atoms with Gasteiger partial charge < -0.3 is 8.83 Å². The van der Waals surface area contributed by atoms with Crippen LogP contribution in [0.3, 0.4) is 0 Å². The molecule has 2 aliphatic rings. The van der Waals surface area contributed by atoms with E-state index in [0.717, 1.165) is 92.3 Å². The van der Waals surface area contributed by atoms with E-state index < -0.39 is 0 Å². The first-order valence-corrected chi connectivity index (χ1v) is 19.2. The molecule has 0 saturated heterocycles. The first-order chi connectivity index (χ1) is 27.1. The van der Waals surface area contributed by atoms with E-state index in [1.807, 2.05) is 31.2 Å². The summed E-state index contributed by atoms with van der Waals surface area (Å²) >= 11 is 0. The maximum atomic E-state index is 6.63. The fourth-order valence-electron chi connectivity index (χ4n) is 8.71. The molecule has 0 amide bonds. The lowest BCUT2D eigenvalue weighted by Gasteiger charge is -2.20. The number of benzene rings is 5. The van der Waals surface area contributed by atoms with Gasteiger partial charge in [-0.15, -0.1) is 0 Å². The Bertz CT molecular complexity index is 2990. The van der Waals surface area contributed by atoms with Crippen LogP contribution in [0.15, 0.2) is 138 Å². The van der Waals surface area contributed by atoms with E-state index in [0.29, 0.717) is 0 Å². The van der Waals surface area contributed by atoms with Crippen LogP contribution in [0.25, 0.3) is 109 Å². The summed E-state index contributed by atoms with van der Waals surface area (Å²) in [5.41, 5.74) is 13.9. The third kappa shape index (κ3) is 5.73. The highest BCUT2D eigenvalue weighted by Gasteiger charge is 2.23. The number of furan rings is 1. The first-order valence-electron chi connectivity index (χ1n) is 19.2. The van der Waals surface area contributed by atoms with Crippen molar-refractivity contribution in [1.82, 2.24) is 0 Å². The van der Waals surface area contributed by atoms with Gasteiger partial charge in [0.25, 0.3) is 0 Å². The summed E-state index contributed by atoms with van der Waals surface area (Å²) in [4.78, 5) is 0. The molecule has 266 valence electrons. The van der Waals surface area contributed by atoms with Gasteiger partial charge in [0.2, 0.25) is 0 Å². The molecule has 0 radical (unpaired) electrons. The van der Waals surface area contributed by atoms with Gasteiger partial charge in [-0.05, 0) is 134 Å². The van der Waals surface area contributed by atoms with Crippen molar-refractivity contribution in [2.24, 2.45) is 0 Å². The van der Waals surface area contributed by atoms with Crippen molar-refractivity contribution in [3.8, 4) is 33.4 Å². The fraction of sp³-hybridized carbons (Fsp3) is 0.0943. The molecule has 55 heavy (non-hydrogen) atoms. The Morgan fingerprint density at radius 1 is 0.600 bits per heavy atom. The van der Waals surface area contributed by atoms with Gasteiger partial charge in [0.15, 0.2) is 0 Å². The fourth-order valence-corrected chi connectivity index (χ4v) is 8.71. The second-order valence-corrected chi connectivity index (χ2v) is 14.2. The van der Waals surface area contributed by atoms with Crippen molar-refractivity contribution < 1.29 is 8.83 Å². The topological polar surface area (TPSA) is 26.3 Å². The summed E-state index contributed by atoms with van der Waals surface area (Å²) in [6.45, 7) is 15.0. The van der Waals surface area contributed by atoms with Gasteiger partial charge in [0, 0.05) is 16.5 Å². The summed E-state index contributed by atoms with van der Waals surface area (Å²) in [5.74, 6) is 0.914. The summed E-state index contributed by atoms with van der Waals surface area (Å²) < 4.78 is 13.1. The van der Waals surface area contributed by atoms with E-state index in [-0.39, 0.29) is 0 Å². The van der Waals surface area contributed by atoms with Crippen LogP contribution in [-0.2, 0) is 6.42 Å². The first kappa shape index (κ1) is 34.1.